The molecule has 100 valence electrons. The Hall–Kier alpha value is -0.650. The number of carbonyl (C=O) groups excluding carboxylic acids is 1. The van der Waals surface area contributed by atoms with Crippen LogP contribution in [0.25, 0.3) is 0 Å². The van der Waals surface area contributed by atoms with Gasteiger partial charge in [0.1, 0.15) is 5.69 Å². The van der Waals surface area contributed by atoms with Crippen molar-refractivity contribution in [1.29, 1.82) is 0 Å². The van der Waals surface area contributed by atoms with Gasteiger partial charge in [0.25, 0.3) is 0 Å². The summed E-state index contributed by atoms with van der Waals surface area (Å²) in [5.74, 6) is -0.0821. The molecule has 1 aromatic carbocycles. The highest BCUT2D eigenvalue weighted by Gasteiger charge is 2.20. The fourth-order valence-electron chi connectivity index (χ4n) is 1.77. The summed E-state index contributed by atoms with van der Waals surface area (Å²) in [6, 6.07) is 5.13. The average Bonchev–Trinajstić information content (AvgIpc) is 2.70. The Morgan fingerprint density at radius 2 is 2.11 bits per heavy atom. The molecule has 0 N–H and O–H groups in total. The molecule has 0 fully saturated rings. The summed E-state index contributed by atoms with van der Waals surface area (Å²) in [6.07, 6.45) is 2.56. The van der Waals surface area contributed by atoms with Gasteiger partial charge in [-0.15, -0.1) is 0 Å². The van der Waals surface area contributed by atoms with E-state index >= 15 is 0 Å². The molecular weight excluding hydrogens is 395 g/mol. The van der Waals surface area contributed by atoms with Gasteiger partial charge in [-0.3, -0.25) is 9.48 Å². The molecule has 0 aliphatic heterocycles. The molecule has 2 aromatic rings. The van der Waals surface area contributed by atoms with Crippen LogP contribution in [-0.4, -0.2) is 15.6 Å². The van der Waals surface area contributed by atoms with E-state index in [2.05, 4.69) is 37.0 Å². The van der Waals surface area contributed by atoms with Crippen LogP contribution in [0.1, 0.15) is 29.4 Å². The van der Waals surface area contributed by atoms with Crippen molar-refractivity contribution in [2.24, 2.45) is 0 Å². The first-order chi connectivity index (χ1) is 9.04. The number of hydrogen-bond donors (Lipinski definition) is 0. The van der Waals surface area contributed by atoms with E-state index in [0.717, 1.165) is 6.42 Å². The number of aryl methyl sites for hydroxylation is 1. The first-order valence-corrected chi connectivity index (χ1v) is 7.72. The molecule has 1 heterocycles. The van der Waals surface area contributed by atoms with E-state index in [4.69, 9.17) is 11.6 Å². The van der Waals surface area contributed by atoms with Gasteiger partial charge >= 0.3 is 0 Å². The third kappa shape index (κ3) is 3.09. The molecule has 0 aliphatic carbocycles. The van der Waals surface area contributed by atoms with Gasteiger partial charge in [0.2, 0.25) is 5.78 Å². The van der Waals surface area contributed by atoms with Gasteiger partial charge in [-0.25, -0.2) is 0 Å². The molecule has 1 aromatic heterocycles. The van der Waals surface area contributed by atoms with Crippen molar-refractivity contribution in [3.8, 4) is 0 Å². The second kappa shape index (κ2) is 6.20. The first-order valence-electron chi connectivity index (χ1n) is 5.75. The maximum absolute atomic E-state index is 12.6. The zero-order valence-corrected chi connectivity index (χ0v) is 14.1. The van der Waals surface area contributed by atoms with Gasteiger partial charge in [0, 0.05) is 21.6 Å². The normalized spacial score (nSPS) is 10.7. The van der Waals surface area contributed by atoms with Crippen LogP contribution in [0.4, 0.5) is 0 Å². The van der Waals surface area contributed by atoms with Gasteiger partial charge in [-0.1, -0.05) is 18.5 Å². The Balaban J connectivity index is 2.46. The Morgan fingerprint density at radius 1 is 1.37 bits per heavy atom. The topological polar surface area (TPSA) is 34.9 Å². The quantitative estimate of drug-likeness (QED) is 0.690. The summed E-state index contributed by atoms with van der Waals surface area (Å²) in [4.78, 5) is 12.6. The number of hydrogen-bond acceptors (Lipinski definition) is 2. The lowest BCUT2D eigenvalue weighted by atomic mass is 10.1. The Morgan fingerprint density at radius 3 is 2.74 bits per heavy atom. The highest BCUT2D eigenvalue weighted by molar-refractivity contribution is 9.10. The Labute approximate surface area is 133 Å². The van der Waals surface area contributed by atoms with E-state index in [1.165, 1.54) is 0 Å². The minimum Gasteiger partial charge on any atom is -0.287 e. The lowest BCUT2D eigenvalue weighted by Gasteiger charge is -2.08. The minimum absolute atomic E-state index is 0.0821. The fraction of sp³-hybridized carbons (Fsp3) is 0.231. The second-order valence-electron chi connectivity index (χ2n) is 4.02. The fourth-order valence-corrected chi connectivity index (χ4v) is 3.11. The number of rotatable bonds is 4. The maximum atomic E-state index is 12.6. The highest BCUT2D eigenvalue weighted by atomic mass is 79.9. The number of aromatic nitrogens is 2. The van der Waals surface area contributed by atoms with Crippen molar-refractivity contribution in [2.75, 3.05) is 0 Å². The van der Waals surface area contributed by atoms with Crippen molar-refractivity contribution in [1.82, 2.24) is 9.78 Å². The third-order valence-electron chi connectivity index (χ3n) is 2.62. The first kappa shape index (κ1) is 14.8. The summed E-state index contributed by atoms with van der Waals surface area (Å²) < 4.78 is 3.10. The van der Waals surface area contributed by atoms with Crippen molar-refractivity contribution < 1.29 is 4.79 Å². The Kier molecular flexibility index (Phi) is 4.81. The van der Waals surface area contributed by atoms with Gasteiger partial charge in [0.05, 0.1) is 10.7 Å². The van der Waals surface area contributed by atoms with E-state index < -0.39 is 0 Å². The number of benzene rings is 1. The van der Waals surface area contributed by atoms with Crippen molar-refractivity contribution in [3.63, 3.8) is 0 Å². The van der Waals surface area contributed by atoms with Gasteiger partial charge in [-0.05, 0) is 56.5 Å². The minimum atomic E-state index is -0.0821. The van der Waals surface area contributed by atoms with Crippen molar-refractivity contribution in [3.05, 3.63) is 49.6 Å². The molecule has 0 aliphatic rings. The lowest BCUT2D eigenvalue weighted by molar-refractivity contribution is 0.102. The predicted octanol–water partition coefficient (Wildman–Crippen LogP) is 4.70. The van der Waals surface area contributed by atoms with Crippen LogP contribution in [0.3, 0.4) is 0 Å². The summed E-state index contributed by atoms with van der Waals surface area (Å²) in [5.41, 5.74) is 1.13. The van der Waals surface area contributed by atoms with Gasteiger partial charge in [0.15, 0.2) is 0 Å². The Bertz CT molecular complexity index is 625. The maximum Gasteiger partial charge on any atom is 0.213 e. The van der Waals surface area contributed by atoms with Crippen LogP contribution in [0, 0.1) is 0 Å². The van der Waals surface area contributed by atoms with E-state index in [-0.39, 0.29) is 5.78 Å². The standard InChI is InChI=1S/C13H11Br2ClN2O/c1-2-5-18-12(11(15)7-17-18)13(19)9-4-3-8(16)6-10(9)14/h3-4,6-7H,2,5H2,1H3. The smallest absolute Gasteiger partial charge is 0.213 e. The van der Waals surface area contributed by atoms with Gasteiger partial charge in [-0.2, -0.15) is 5.10 Å². The highest BCUT2D eigenvalue weighted by Crippen LogP contribution is 2.26. The molecule has 19 heavy (non-hydrogen) atoms. The third-order valence-corrected chi connectivity index (χ3v) is 4.09. The molecule has 2 rings (SSSR count). The van der Waals surface area contributed by atoms with Crippen molar-refractivity contribution in [2.45, 2.75) is 19.9 Å². The van der Waals surface area contributed by atoms with Crippen LogP contribution in [0.5, 0.6) is 0 Å². The number of halogens is 3. The van der Waals surface area contributed by atoms with E-state index in [0.29, 0.717) is 31.8 Å². The summed E-state index contributed by atoms with van der Waals surface area (Å²) in [6.45, 7) is 2.75. The number of nitrogens with zero attached hydrogens (tertiary/aromatic N) is 2. The molecule has 0 amide bonds. The van der Waals surface area contributed by atoms with E-state index in [1.54, 1.807) is 29.1 Å². The summed E-state index contributed by atoms with van der Waals surface area (Å²) >= 11 is 12.6. The zero-order chi connectivity index (χ0) is 14.0. The molecule has 0 atom stereocenters. The monoisotopic (exact) mass is 404 g/mol. The molecule has 6 heteroatoms. The molecular formula is C13H11Br2ClN2O. The van der Waals surface area contributed by atoms with Crippen molar-refractivity contribution >= 4 is 49.2 Å². The molecule has 0 unspecified atom stereocenters. The summed E-state index contributed by atoms with van der Waals surface area (Å²) in [7, 11) is 0. The molecule has 0 saturated carbocycles. The second-order valence-corrected chi connectivity index (χ2v) is 6.16. The lowest BCUT2D eigenvalue weighted by Crippen LogP contribution is -2.12. The predicted molar refractivity (Wildman–Crippen MR) is 82.8 cm³/mol. The van der Waals surface area contributed by atoms with Crippen LogP contribution >= 0.6 is 43.5 Å². The van der Waals surface area contributed by atoms with Crippen LogP contribution in [0.2, 0.25) is 5.02 Å². The summed E-state index contributed by atoms with van der Waals surface area (Å²) in [5, 5.41) is 4.79. The van der Waals surface area contributed by atoms with Gasteiger partial charge < -0.3 is 0 Å². The van der Waals surface area contributed by atoms with Crippen LogP contribution in [-0.2, 0) is 6.54 Å². The average molecular weight is 407 g/mol. The largest absolute Gasteiger partial charge is 0.287 e. The molecule has 0 bridgehead atoms. The van der Waals surface area contributed by atoms with E-state index in [9.17, 15) is 4.79 Å². The zero-order valence-electron chi connectivity index (χ0n) is 10.2. The molecule has 0 spiro atoms. The molecule has 3 nitrogen and oxygen atoms in total. The van der Waals surface area contributed by atoms with E-state index in [1.807, 2.05) is 6.92 Å². The van der Waals surface area contributed by atoms with Crippen LogP contribution in [0.15, 0.2) is 33.3 Å². The number of ketones is 1. The molecule has 0 radical (unpaired) electrons. The molecule has 0 saturated heterocycles. The van der Waals surface area contributed by atoms with Crippen LogP contribution < -0.4 is 0 Å². The number of carbonyl (C=O) groups is 1. The SMILES string of the molecule is CCCn1ncc(Br)c1C(=O)c1ccc(Cl)cc1Br.